The van der Waals surface area contributed by atoms with Crippen LogP contribution in [0.15, 0.2) is 60.9 Å². The topological polar surface area (TPSA) is 123 Å². The summed E-state index contributed by atoms with van der Waals surface area (Å²) in [6.45, 7) is 4.02. The smallest absolute Gasteiger partial charge is 0.323 e. The van der Waals surface area contributed by atoms with E-state index in [1.807, 2.05) is 42.5 Å². The Morgan fingerprint density at radius 1 is 0.930 bits per heavy atom. The maximum atomic E-state index is 12.6. The number of nitrogens with one attached hydrogen (secondary N) is 3. The van der Waals surface area contributed by atoms with E-state index in [0.29, 0.717) is 46.2 Å². The molecule has 0 aliphatic carbocycles. The Bertz CT molecular complexity index is 1740. The van der Waals surface area contributed by atoms with Crippen LogP contribution in [0.5, 0.6) is 17.2 Å². The van der Waals surface area contributed by atoms with Crippen molar-refractivity contribution >= 4 is 60.8 Å². The number of hydrogen-bond donors (Lipinski definition) is 3. The van der Waals surface area contributed by atoms with Crippen LogP contribution in [0.4, 0.5) is 27.1 Å². The van der Waals surface area contributed by atoms with Crippen LogP contribution < -0.4 is 30.2 Å². The molecule has 43 heavy (non-hydrogen) atoms. The third-order valence-corrected chi connectivity index (χ3v) is 8.13. The molecule has 12 heteroatoms. The fourth-order valence-corrected chi connectivity index (χ4v) is 5.97. The molecule has 3 heterocycles. The molecule has 222 valence electrons. The minimum absolute atomic E-state index is 0.355. The number of carbonyl (C=O) groups excluding carboxylic acids is 1. The van der Waals surface area contributed by atoms with Crippen molar-refractivity contribution in [2.45, 2.75) is 19.3 Å². The van der Waals surface area contributed by atoms with Crippen LogP contribution in [-0.4, -0.2) is 66.3 Å². The van der Waals surface area contributed by atoms with E-state index in [2.05, 4.69) is 30.8 Å². The summed E-state index contributed by atoms with van der Waals surface area (Å²) in [5, 5.41) is 10.5. The molecule has 1 aliphatic heterocycles. The van der Waals surface area contributed by atoms with Crippen molar-refractivity contribution < 1.29 is 19.0 Å². The molecule has 1 aliphatic rings. The van der Waals surface area contributed by atoms with Crippen molar-refractivity contribution in [3.8, 4) is 17.2 Å². The zero-order valence-electron chi connectivity index (χ0n) is 24.1. The van der Waals surface area contributed by atoms with Gasteiger partial charge in [-0.1, -0.05) is 17.4 Å². The van der Waals surface area contributed by atoms with Gasteiger partial charge in [-0.15, -0.1) is 0 Å². The molecular weight excluding hydrogens is 566 g/mol. The number of fused-ring (bicyclic) bond motifs is 2. The number of rotatable bonds is 11. The third kappa shape index (κ3) is 6.87. The normalized spacial score (nSPS) is 13.3. The number of urea groups is 1. The Labute approximate surface area is 253 Å². The Morgan fingerprint density at radius 3 is 2.58 bits per heavy atom. The first-order valence-corrected chi connectivity index (χ1v) is 15.0. The zero-order chi connectivity index (χ0) is 29.6. The fraction of sp³-hybridized carbons (Fsp3) is 0.290. The molecule has 1 fully saturated rings. The average Bonchev–Trinajstić information content (AvgIpc) is 3.68. The first-order chi connectivity index (χ1) is 21.1. The molecule has 0 unspecified atom stereocenters. The van der Waals surface area contributed by atoms with Crippen molar-refractivity contribution in [3.05, 3.63) is 60.9 Å². The molecule has 5 aromatic rings. The number of anilines is 4. The van der Waals surface area contributed by atoms with Gasteiger partial charge in [0.1, 0.15) is 17.9 Å². The van der Waals surface area contributed by atoms with Crippen LogP contribution >= 0.6 is 11.3 Å². The second-order valence-corrected chi connectivity index (χ2v) is 11.2. The number of likely N-dealkylation sites (tertiary alicyclic amines) is 1. The molecule has 0 saturated carbocycles. The molecule has 0 spiro atoms. The Kier molecular flexibility index (Phi) is 8.66. The van der Waals surface area contributed by atoms with E-state index in [1.54, 1.807) is 26.4 Å². The highest BCUT2D eigenvalue weighted by molar-refractivity contribution is 7.22. The van der Waals surface area contributed by atoms with Crippen molar-refractivity contribution in [3.63, 3.8) is 0 Å². The predicted octanol–water partition coefficient (Wildman–Crippen LogP) is 6.51. The first kappa shape index (κ1) is 28.4. The number of hydrogen-bond acceptors (Lipinski definition) is 10. The molecule has 11 nitrogen and oxygen atoms in total. The van der Waals surface area contributed by atoms with E-state index in [1.165, 1.54) is 43.6 Å². The standard InChI is InChI=1S/C31H33N7O4S/c1-40-22-8-5-7-20(15-22)34-30(39)35-21-9-10-24-28(16-21)43-31(36-24)37-29-23-17-26(41-2)27(18-25(23)32-19-33-29)42-14-6-13-38-11-3-4-12-38/h5,7-10,15-19H,3-4,6,11-14H2,1-2H3,(H2,34,35,39)(H,32,33,36,37). The predicted molar refractivity (Wildman–Crippen MR) is 170 cm³/mol. The molecule has 0 atom stereocenters. The lowest BCUT2D eigenvalue weighted by Crippen LogP contribution is -2.21. The van der Waals surface area contributed by atoms with Gasteiger partial charge < -0.3 is 35.1 Å². The lowest BCUT2D eigenvalue weighted by atomic mass is 10.2. The van der Waals surface area contributed by atoms with Crippen molar-refractivity contribution in [2.24, 2.45) is 0 Å². The van der Waals surface area contributed by atoms with E-state index in [0.717, 1.165) is 34.1 Å². The van der Waals surface area contributed by atoms with Crippen molar-refractivity contribution in [1.82, 2.24) is 19.9 Å². The summed E-state index contributed by atoms with van der Waals surface area (Å²) in [5.41, 5.74) is 2.81. The summed E-state index contributed by atoms with van der Waals surface area (Å²) in [6, 6.07) is 16.2. The second-order valence-electron chi connectivity index (χ2n) is 10.1. The number of nitrogens with zero attached hydrogens (tertiary/aromatic N) is 4. The van der Waals surface area contributed by atoms with Crippen LogP contribution in [0.1, 0.15) is 19.3 Å². The summed E-state index contributed by atoms with van der Waals surface area (Å²) in [4.78, 5) is 28.7. The molecule has 3 N–H and O–H groups in total. The lowest BCUT2D eigenvalue weighted by molar-refractivity contribution is 0.254. The van der Waals surface area contributed by atoms with Gasteiger partial charge in [0.25, 0.3) is 0 Å². The molecular formula is C31H33N7O4S. The van der Waals surface area contributed by atoms with E-state index in [-0.39, 0.29) is 6.03 Å². The lowest BCUT2D eigenvalue weighted by Gasteiger charge is -2.16. The molecule has 0 bridgehead atoms. The van der Waals surface area contributed by atoms with Gasteiger partial charge in [0.15, 0.2) is 16.6 Å². The quantitative estimate of drug-likeness (QED) is 0.146. The first-order valence-electron chi connectivity index (χ1n) is 14.2. The van der Waals surface area contributed by atoms with Crippen LogP contribution in [0.2, 0.25) is 0 Å². The van der Waals surface area contributed by atoms with Crippen molar-refractivity contribution in [1.29, 1.82) is 0 Å². The maximum Gasteiger partial charge on any atom is 0.323 e. The highest BCUT2D eigenvalue weighted by Crippen LogP contribution is 2.36. The summed E-state index contributed by atoms with van der Waals surface area (Å²) in [7, 11) is 3.21. The van der Waals surface area contributed by atoms with Gasteiger partial charge in [-0.25, -0.2) is 19.7 Å². The minimum atomic E-state index is -0.355. The number of benzene rings is 3. The van der Waals surface area contributed by atoms with Gasteiger partial charge in [-0.2, -0.15) is 0 Å². The van der Waals surface area contributed by atoms with Gasteiger partial charge >= 0.3 is 6.03 Å². The van der Waals surface area contributed by atoms with Gasteiger partial charge in [0.05, 0.1) is 36.6 Å². The zero-order valence-corrected chi connectivity index (χ0v) is 24.9. The highest BCUT2D eigenvalue weighted by Gasteiger charge is 2.15. The Morgan fingerprint density at radius 2 is 1.77 bits per heavy atom. The molecule has 0 radical (unpaired) electrons. The third-order valence-electron chi connectivity index (χ3n) is 7.19. The average molecular weight is 600 g/mol. The van der Waals surface area contributed by atoms with Crippen LogP contribution in [0, 0.1) is 0 Å². The molecule has 2 aromatic heterocycles. The molecule has 2 amide bonds. The molecule has 1 saturated heterocycles. The highest BCUT2D eigenvalue weighted by atomic mass is 32.1. The van der Waals surface area contributed by atoms with Gasteiger partial charge in [0.2, 0.25) is 0 Å². The number of thiazole rings is 1. The number of amides is 2. The van der Waals surface area contributed by atoms with Crippen LogP contribution in [-0.2, 0) is 0 Å². The van der Waals surface area contributed by atoms with E-state index in [4.69, 9.17) is 19.2 Å². The van der Waals surface area contributed by atoms with Crippen LogP contribution in [0.25, 0.3) is 21.1 Å². The Balaban J connectivity index is 1.14. The van der Waals surface area contributed by atoms with Gasteiger partial charge in [0, 0.05) is 35.4 Å². The number of methoxy groups -OCH3 is 2. The van der Waals surface area contributed by atoms with Crippen LogP contribution in [0.3, 0.4) is 0 Å². The number of aromatic nitrogens is 3. The molecule has 6 rings (SSSR count). The summed E-state index contributed by atoms with van der Waals surface area (Å²) in [5.74, 6) is 2.56. The van der Waals surface area contributed by atoms with Gasteiger partial charge in [-0.3, -0.25) is 0 Å². The SMILES string of the molecule is COc1cccc(NC(=O)Nc2ccc3nc(Nc4ncnc5cc(OCCCN6CCCC6)c(OC)cc45)sc3c2)c1. The Hall–Kier alpha value is -4.68. The number of ether oxygens (including phenoxy) is 3. The second kappa shape index (κ2) is 13.1. The van der Waals surface area contributed by atoms with E-state index < -0.39 is 0 Å². The fourth-order valence-electron chi connectivity index (χ4n) is 5.06. The maximum absolute atomic E-state index is 12.6. The van der Waals surface area contributed by atoms with E-state index in [9.17, 15) is 4.79 Å². The number of carbonyl (C=O) groups is 1. The van der Waals surface area contributed by atoms with Crippen molar-refractivity contribution in [2.75, 3.05) is 56.4 Å². The summed E-state index contributed by atoms with van der Waals surface area (Å²) in [6.07, 6.45) is 5.05. The van der Waals surface area contributed by atoms with E-state index >= 15 is 0 Å². The summed E-state index contributed by atoms with van der Waals surface area (Å²) < 4.78 is 17.9. The molecule has 3 aromatic carbocycles. The minimum Gasteiger partial charge on any atom is -0.497 e. The van der Waals surface area contributed by atoms with Gasteiger partial charge in [-0.05, 0) is 68.8 Å². The monoisotopic (exact) mass is 599 g/mol. The summed E-state index contributed by atoms with van der Waals surface area (Å²) >= 11 is 1.46. The largest absolute Gasteiger partial charge is 0.497 e.